The van der Waals surface area contributed by atoms with E-state index in [1.54, 1.807) is 29.2 Å². The lowest BCUT2D eigenvalue weighted by molar-refractivity contribution is -0.137. The molecule has 0 radical (unpaired) electrons. The number of carbonyl (C=O) groups is 3. The van der Waals surface area contributed by atoms with Gasteiger partial charge >= 0.3 is 0 Å². The first-order valence-corrected chi connectivity index (χ1v) is 9.99. The fourth-order valence-corrected chi connectivity index (χ4v) is 4.60. The van der Waals surface area contributed by atoms with E-state index in [4.69, 9.17) is 0 Å². The lowest BCUT2D eigenvalue weighted by atomic mass is 9.88. The smallest absolute Gasteiger partial charge is 0.247 e. The zero-order valence-electron chi connectivity index (χ0n) is 16.2. The normalized spacial score (nSPS) is 23.2. The van der Waals surface area contributed by atoms with Crippen molar-refractivity contribution in [3.05, 3.63) is 102 Å². The van der Waals surface area contributed by atoms with Crippen LogP contribution < -0.4 is 4.90 Å². The minimum Gasteiger partial charge on any atom is -0.330 e. The summed E-state index contributed by atoms with van der Waals surface area (Å²) >= 11 is 0. The summed E-state index contributed by atoms with van der Waals surface area (Å²) in [5.74, 6) is -2.73. The van der Waals surface area contributed by atoms with Crippen molar-refractivity contribution in [3.63, 3.8) is 0 Å². The van der Waals surface area contributed by atoms with Crippen LogP contribution in [0.3, 0.4) is 0 Å². The van der Waals surface area contributed by atoms with Crippen molar-refractivity contribution in [1.82, 2.24) is 4.90 Å². The molecule has 30 heavy (non-hydrogen) atoms. The Morgan fingerprint density at radius 1 is 0.633 bits per heavy atom. The fourth-order valence-electron chi connectivity index (χ4n) is 4.60. The van der Waals surface area contributed by atoms with Gasteiger partial charge in [-0.1, -0.05) is 78.9 Å². The molecule has 3 aromatic rings. The summed E-state index contributed by atoms with van der Waals surface area (Å²) in [6.07, 6.45) is 0. The van der Waals surface area contributed by atoms with Gasteiger partial charge in [0.05, 0.1) is 17.6 Å². The summed E-state index contributed by atoms with van der Waals surface area (Å²) in [4.78, 5) is 43.0. The molecule has 148 valence electrons. The maximum absolute atomic E-state index is 13.5. The van der Waals surface area contributed by atoms with Gasteiger partial charge in [0.2, 0.25) is 17.7 Å². The summed E-state index contributed by atoms with van der Waals surface area (Å²) in [6, 6.07) is 27.5. The lowest BCUT2D eigenvalue weighted by Gasteiger charge is -2.29. The number of fused-ring (bicyclic) bond motifs is 1. The number of benzene rings is 3. The van der Waals surface area contributed by atoms with E-state index in [1.165, 1.54) is 4.90 Å². The van der Waals surface area contributed by atoms with Crippen molar-refractivity contribution in [2.45, 2.75) is 12.6 Å². The second kappa shape index (κ2) is 7.26. The van der Waals surface area contributed by atoms with E-state index in [0.29, 0.717) is 12.2 Å². The molecule has 0 aliphatic carbocycles. The number of rotatable bonds is 4. The van der Waals surface area contributed by atoms with Gasteiger partial charge in [-0.2, -0.15) is 0 Å². The van der Waals surface area contributed by atoms with Crippen molar-refractivity contribution in [3.8, 4) is 0 Å². The SMILES string of the molecule is O=C1[C@@H]2C(=O)N(Cc3ccccc3)[C@H](c3ccccc3)[C@@H]2C(=O)N1c1ccccc1. The van der Waals surface area contributed by atoms with Crippen LogP contribution in [0.15, 0.2) is 91.0 Å². The first-order valence-electron chi connectivity index (χ1n) is 9.99. The first-order chi connectivity index (χ1) is 14.7. The standard InChI is InChI=1S/C25H20N2O3/c28-23-21-20(24(29)27(25(21)30)19-14-8-3-9-15-19)22(18-12-6-2-7-13-18)26(23)16-17-10-4-1-5-11-17/h1-15,20-22H,16H2/t20-,21+,22-/m1/s1. The fraction of sp³-hybridized carbons (Fsp3) is 0.160. The Morgan fingerprint density at radius 3 is 1.83 bits per heavy atom. The number of imide groups is 1. The second-order valence-corrected chi connectivity index (χ2v) is 7.66. The number of nitrogens with zero attached hydrogens (tertiary/aromatic N) is 2. The van der Waals surface area contributed by atoms with E-state index < -0.39 is 23.8 Å². The van der Waals surface area contributed by atoms with E-state index in [1.807, 2.05) is 66.7 Å². The molecule has 2 aliphatic heterocycles. The predicted octanol–water partition coefficient (Wildman–Crippen LogP) is 3.58. The topological polar surface area (TPSA) is 57.7 Å². The zero-order chi connectivity index (χ0) is 20.7. The number of hydrogen-bond donors (Lipinski definition) is 0. The van der Waals surface area contributed by atoms with Crippen LogP contribution in [0.4, 0.5) is 5.69 Å². The number of para-hydroxylation sites is 1. The molecule has 3 amide bonds. The van der Waals surface area contributed by atoms with Crippen LogP contribution in [0.25, 0.3) is 0 Å². The summed E-state index contributed by atoms with van der Waals surface area (Å²) in [5.41, 5.74) is 2.34. The van der Waals surface area contributed by atoms with Crippen LogP contribution in [0, 0.1) is 11.8 Å². The zero-order valence-corrected chi connectivity index (χ0v) is 16.2. The molecule has 2 aliphatic rings. The van der Waals surface area contributed by atoms with Gasteiger partial charge in [-0.3, -0.25) is 14.4 Å². The summed E-state index contributed by atoms with van der Waals surface area (Å²) < 4.78 is 0. The van der Waals surface area contributed by atoms with Gasteiger partial charge < -0.3 is 4.90 Å². The van der Waals surface area contributed by atoms with Crippen molar-refractivity contribution < 1.29 is 14.4 Å². The van der Waals surface area contributed by atoms with Gasteiger partial charge in [0.25, 0.3) is 0 Å². The first kappa shape index (κ1) is 18.3. The second-order valence-electron chi connectivity index (χ2n) is 7.66. The number of amides is 3. The highest BCUT2D eigenvalue weighted by Gasteiger charge is 2.62. The van der Waals surface area contributed by atoms with Crippen LogP contribution >= 0.6 is 0 Å². The van der Waals surface area contributed by atoms with Gasteiger partial charge in [-0.05, 0) is 23.3 Å². The maximum atomic E-state index is 13.5. The Kier molecular flexibility index (Phi) is 4.43. The Hall–Kier alpha value is -3.73. The predicted molar refractivity (Wildman–Crippen MR) is 112 cm³/mol. The van der Waals surface area contributed by atoms with Crippen molar-refractivity contribution in [1.29, 1.82) is 0 Å². The molecular formula is C25H20N2O3. The molecular weight excluding hydrogens is 376 g/mol. The third kappa shape index (κ3) is 2.82. The van der Waals surface area contributed by atoms with Crippen molar-refractivity contribution in [2.24, 2.45) is 11.8 Å². The molecule has 0 saturated carbocycles. The molecule has 2 saturated heterocycles. The lowest BCUT2D eigenvalue weighted by Crippen LogP contribution is -2.39. The molecule has 0 bridgehead atoms. The molecule has 0 spiro atoms. The molecule has 3 atom stereocenters. The Balaban J connectivity index is 1.58. The minimum atomic E-state index is -0.980. The highest BCUT2D eigenvalue weighted by Crippen LogP contribution is 2.48. The number of carbonyl (C=O) groups excluding carboxylic acids is 3. The van der Waals surface area contributed by atoms with E-state index >= 15 is 0 Å². The van der Waals surface area contributed by atoms with Gasteiger partial charge in [0, 0.05) is 6.54 Å². The van der Waals surface area contributed by atoms with E-state index in [2.05, 4.69) is 0 Å². The molecule has 5 heteroatoms. The van der Waals surface area contributed by atoms with Crippen LogP contribution in [0.5, 0.6) is 0 Å². The van der Waals surface area contributed by atoms with Crippen LogP contribution in [-0.2, 0) is 20.9 Å². The van der Waals surface area contributed by atoms with Crippen molar-refractivity contribution in [2.75, 3.05) is 4.90 Å². The van der Waals surface area contributed by atoms with Gasteiger partial charge in [-0.25, -0.2) is 4.90 Å². The largest absolute Gasteiger partial charge is 0.330 e. The van der Waals surface area contributed by atoms with E-state index in [9.17, 15) is 14.4 Å². The Labute approximate surface area is 174 Å². The average Bonchev–Trinajstić information content (AvgIpc) is 3.22. The van der Waals surface area contributed by atoms with Crippen LogP contribution in [0.2, 0.25) is 0 Å². The molecule has 0 unspecified atom stereocenters. The molecule has 5 nitrogen and oxygen atoms in total. The monoisotopic (exact) mass is 396 g/mol. The maximum Gasteiger partial charge on any atom is 0.247 e. The quantitative estimate of drug-likeness (QED) is 0.500. The Bertz CT molecular complexity index is 1100. The van der Waals surface area contributed by atoms with Gasteiger partial charge in [-0.15, -0.1) is 0 Å². The molecule has 2 heterocycles. The van der Waals surface area contributed by atoms with E-state index in [0.717, 1.165) is 11.1 Å². The highest BCUT2D eigenvalue weighted by atomic mass is 16.2. The Morgan fingerprint density at radius 2 is 1.20 bits per heavy atom. The van der Waals surface area contributed by atoms with Crippen molar-refractivity contribution >= 4 is 23.4 Å². The molecule has 5 rings (SSSR count). The van der Waals surface area contributed by atoms with E-state index in [-0.39, 0.29) is 11.8 Å². The average molecular weight is 396 g/mol. The highest BCUT2D eigenvalue weighted by molar-refractivity contribution is 6.29. The summed E-state index contributed by atoms with van der Waals surface area (Å²) in [6.45, 7) is 0.359. The number of hydrogen-bond acceptors (Lipinski definition) is 3. The van der Waals surface area contributed by atoms with Crippen LogP contribution in [0.1, 0.15) is 17.2 Å². The van der Waals surface area contributed by atoms with Gasteiger partial charge in [0.1, 0.15) is 5.92 Å². The third-order valence-corrected chi connectivity index (χ3v) is 5.93. The number of likely N-dealkylation sites (tertiary alicyclic amines) is 1. The summed E-state index contributed by atoms with van der Waals surface area (Å²) in [7, 11) is 0. The minimum absolute atomic E-state index is 0.283. The molecule has 2 fully saturated rings. The van der Waals surface area contributed by atoms with Crippen LogP contribution in [-0.4, -0.2) is 22.6 Å². The molecule has 0 aromatic heterocycles. The molecule has 3 aromatic carbocycles. The molecule has 0 N–H and O–H groups in total. The third-order valence-electron chi connectivity index (χ3n) is 5.93. The van der Waals surface area contributed by atoms with Gasteiger partial charge in [0.15, 0.2) is 0 Å². The number of anilines is 1. The summed E-state index contributed by atoms with van der Waals surface area (Å²) in [5, 5.41) is 0.